The summed E-state index contributed by atoms with van der Waals surface area (Å²) in [5, 5.41) is 8.23. The Morgan fingerprint density at radius 3 is 3.17 bits per heavy atom. The van der Waals surface area contributed by atoms with Crippen LogP contribution in [0, 0.1) is 0 Å². The predicted octanol–water partition coefficient (Wildman–Crippen LogP) is 1.45. The second-order valence-corrected chi connectivity index (χ2v) is 5.73. The van der Waals surface area contributed by atoms with Crippen LogP contribution in [0.2, 0.25) is 4.34 Å². The summed E-state index contributed by atoms with van der Waals surface area (Å²) in [7, 11) is 0. The first-order chi connectivity index (χ1) is 8.83. The van der Waals surface area contributed by atoms with Crippen LogP contribution in [0.15, 0.2) is 12.7 Å². The minimum absolute atomic E-state index is 0.476. The first-order valence-corrected chi connectivity index (χ1v) is 7.01. The van der Waals surface area contributed by atoms with E-state index >= 15 is 0 Å². The van der Waals surface area contributed by atoms with E-state index in [1.807, 2.05) is 4.68 Å². The van der Waals surface area contributed by atoms with Crippen molar-refractivity contribution < 1.29 is 0 Å². The lowest BCUT2D eigenvalue weighted by atomic mass is 10.2. The molecule has 0 amide bonds. The van der Waals surface area contributed by atoms with E-state index in [1.54, 1.807) is 12.7 Å². The van der Waals surface area contributed by atoms with Crippen LogP contribution in [-0.4, -0.2) is 41.8 Å². The molecule has 1 atom stereocenters. The lowest BCUT2D eigenvalue weighted by Gasteiger charge is -2.23. The summed E-state index contributed by atoms with van der Waals surface area (Å²) in [5.41, 5.74) is 0.882. The number of nitrogens with zero attached hydrogens (tertiary/aromatic N) is 6. The normalized spacial score (nSPS) is 20.6. The Bertz CT molecular complexity index is 498. The maximum atomic E-state index is 6.05. The van der Waals surface area contributed by atoms with E-state index in [0.717, 1.165) is 25.3 Å². The molecular formula is C10H13ClN6S. The fourth-order valence-electron chi connectivity index (χ4n) is 2.34. The van der Waals surface area contributed by atoms with E-state index in [1.165, 1.54) is 24.4 Å². The van der Waals surface area contributed by atoms with Gasteiger partial charge in [-0.05, 0) is 19.4 Å². The lowest BCUT2D eigenvalue weighted by molar-refractivity contribution is 0.216. The molecule has 3 heterocycles. The largest absolute Gasteiger partial charge is 0.293 e. The highest BCUT2D eigenvalue weighted by Gasteiger charge is 2.26. The van der Waals surface area contributed by atoms with E-state index < -0.39 is 0 Å². The third-order valence-electron chi connectivity index (χ3n) is 3.23. The summed E-state index contributed by atoms with van der Waals surface area (Å²) in [5.74, 6) is 0. The molecule has 0 aliphatic carbocycles. The second kappa shape index (κ2) is 5.29. The second-order valence-electron chi connectivity index (χ2n) is 4.38. The van der Waals surface area contributed by atoms with Gasteiger partial charge in [-0.15, -0.1) is 5.10 Å². The summed E-state index contributed by atoms with van der Waals surface area (Å²) in [6, 6.07) is 0.476. The maximum absolute atomic E-state index is 6.05. The molecule has 6 nitrogen and oxygen atoms in total. The van der Waals surface area contributed by atoms with Crippen molar-refractivity contribution in [2.45, 2.75) is 32.0 Å². The average Bonchev–Trinajstić information content (AvgIpc) is 3.06. The number of hydrogen-bond donors (Lipinski definition) is 0. The Morgan fingerprint density at radius 1 is 1.50 bits per heavy atom. The molecule has 0 saturated carbocycles. The maximum Gasteiger partial charge on any atom is 0.138 e. The smallest absolute Gasteiger partial charge is 0.138 e. The Balaban J connectivity index is 1.66. The van der Waals surface area contributed by atoms with Gasteiger partial charge in [-0.2, -0.15) is 5.10 Å². The highest BCUT2D eigenvalue weighted by molar-refractivity contribution is 7.10. The molecule has 2 aromatic rings. The van der Waals surface area contributed by atoms with Gasteiger partial charge in [-0.25, -0.2) is 4.98 Å². The van der Waals surface area contributed by atoms with Crippen molar-refractivity contribution in [3.63, 3.8) is 0 Å². The van der Waals surface area contributed by atoms with Gasteiger partial charge in [0.05, 0.1) is 6.54 Å². The summed E-state index contributed by atoms with van der Waals surface area (Å²) in [4.78, 5) is 6.36. The molecule has 0 N–H and O–H groups in total. The Hall–Kier alpha value is -1.05. The number of halogens is 1. The quantitative estimate of drug-likeness (QED) is 0.850. The SMILES string of the molecule is Clc1snnc1CN1CCC[C@H]1Cn1cncn1. The monoisotopic (exact) mass is 284 g/mol. The minimum atomic E-state index is 0.476. The first kappa shape index (κ1) is 12.0. The molecule has 8 heteroatoms. The molecule has 1 fully saturated rings. The third-order valence-corrected chi connectivity index (χ3v) is 4.21. The number of likely N-dealkylation sites (tertiary alicyclic amines) is 1. The minimum Gasteiger partial charge on any atom is -0.293 e. The van der Waals surface area contributed by atoms with E-state index in [-0.39, 0.29) is 0 Å². The van der Waals surface area contributed by atoms with Crippen LogP contribution in [0.5, 0.6) is 0 Å². The molecule has 1 aliphatic heterocycles. The molecule has 0 unspecified atom stereocenters. The Labute approximate surface area is 114 Å². The number of rotatable bonds is 4. The van der Waals surface area contributed by atoms with Gasteiger partial charge >= 0.3 is 0 Å². The molecule has 1 aliphatic rings. The van der Waals surface area contributed by atoms with Crippen LogP contribution < -0.4 is 0 Å². The van der Waals surface area contributed by atoms with Gasteiger partial charge in [0.15, 0.2) is 0 Å². The topological polar surface area (TPSA) is 59.7 Å². The van der Waals surface area contributed by atoms with Gasteiger partial charge in [0.25, 0.3) is 0 Å². The zero-order chi connectivity index (χ0) is 12.4. The molecular weight excluding hydrogens is 272 g/mol. The van der Waals surface area contributed by atoms with Gasteiger partial charge in [0, 0.05) is 24.1 Å². The van der Waals surface area contributed by atoms with Gasteiger partial charge < -0.3 is 0 Å². The molecule has 18 heavy (non-hydrogen) atoms. The van der Waals surface area contributed by atoms with E-state index in [0.29, 0.717) is 10.4 Å². The molecule has 1 saturated heterocycles. The predicted molar refractivity (Wildman–Crippen MR) is 68.4 cm³/mol. The zero-order valence-corrected chi connectivity index (χ0v) is 11.3. The van der Waals surface area contributed by atoms with Gasteiger partial charge in [-0.1, -0.05) is 16.1 Å². The molecule has 0 radical (unpaired) electrons. The molecule has 96 valence electrons. The van der Waals surface area contributed by atoms with Gasteiger partial charge in [-0.3, -0.25) is 9.58 Å². The summed E-state index contributed by atoms with van der Waals surface area (Å²) >= 11 is 7.29. The number of aromatic nitrogens is 5. The summed E-state index contributed by atoms with van der Waals surface area (Å²) in [6.45, 7) is 2.72. The van der Waals surface area contributed by atoms with Gasteiger partial charge in [0.2, 0.25) is 0 Å². The van der Waals surface area contributed by atoms with Crippen molar-refractivity contribution in [1.29, 1.82) is 0 Å². The van der Waals surface area contributed by atoms with Crippen molar-refractivity contribution in [2.75, 3.05) is 6.54 Å². The molecule has 3 rings (SSSR count). The van der Waals surface area contributed by atoms with Crippen LogP contribution in [0.1, 0.15) is 18.5 Å². The van der Waals surface area contributed by atoms with Crippen molar-refractivity contribution in [3.05, 3.63) is 22.7 Å². The van der Waals surface area contributed by atoms with Crippen molar-refractivity contribution in [3.8, 4) is 0 Å². The third kappa shape index (κ3) is 2.52. The van der Waals surface area contributed by atoms with Gasteiger partial charge in [0.1, 0.15) is 22.7 Å². The van der Waals surface area contributed by atoms with Crippen LogP contribution in [0.25, 0.3) is 0 Å². The van der Waals surface area contributed by atoms with Crippen molar-refractivity contribution >= 4 is 23.1 Å². The molecule has 0 spiro atoms. The summed E-state index contributed by atoms with van der Waals surface area (Å²) < 4.78 is 6.44. The van der Waals surface area contributed by atoms with E-state index in [9.17, 15) is 0 Å². The first-order valence-electron chi connectivity index (χ1n) is 5.86. The van der Waals surface area contributed by atoms with Crippen molar-refractivity contribution in [2.24, 2.45) is 0 Å². The molecule has 0 bridgehead atoms. The standard InChI is InChI=1S/C10H13ClN6S/c11-10-9(14-15-18-10)5-16-3-1-2-8(16)4-17-7-12-6-13-17/h6-8H,1-5H2/t8-/m0/s1. The van der Waals surface area contributed by atoms with Crippen LogP contribution in [0.3, 0.4) is 0 Å². The van der Waals surface area contributed by atoms with Crippen molar-refractivity contribution in [1.82, 2.24) is 29.3 Å². The van der Waals surface area contributed by atoms with Crippen LogP contribution in [-0.2, 0) is 13.1 Å². The zero-order valence-electron chi connectivity index (χ0n) is 9.74. The summed E-state index contributed by atoms with van der Waals surface area (Å²) in [6.07, 6.45) is 5.71. The highest BCUT2D eigenvalue weighted by atomic mass is 35.5. The fraction of sp³-hybridized carbons (Fsp3) is 0.600. The van der Waals surface area contributed by atoms with E-state index in [2.05, 4.69) is 24.6 Å². The van der Waals surface area contributed by atoms with E-state index in [4.69, 9.17) is 11.6 Å². The average molecular weight is 285 g/mol. The fourth-order valence-corrected chi connectivity index (χ4v) is 2.95. The van der Waals surface area contributed by atoms with Crippen LogP contribution >= 0.6 is 23.1 Å². The molecule has 2 aromatic heterocycles. The Kier molecular flexibility index (Phi) is 3.53. The Morgan fingerprint density at radius 2 is 2.44 bits per heavy atom. The number of hydrogen-bond acceptors (Lipinski definition) is 6. The van der Waals surface area contributed by atoms with Crippen LogP contribution in [0.4, 0.5) is 0 Å². The highest BCUT2D eigenvalue weighted by Crippen LogP contribution is 2.24. The molecule has 0 aromatic carbocycles. The lowest BCUT2D eigenvalue weighted by Crippen LogP contribution is -2.32.